The van der Waals surface area contributed by atoms with Gasteiger partial charge in [-0.05, 0) is 64.3 Å². The molecule has 2 aromatic rings. The fraction of sp³-hybridized carbons (Fsp3) is 0.417. The number of amides is 2. The molecular weight excluding hydrogens is 394 g/mol. The summed E-state index contributed by atoms with van der Waals surface area (Å²) in [6.45, 7) is 7.44. The molecule has 0 saturated carbocycles. The van der Waals surface area contributed by atoms with Crippen molar-refractivity contribution in [1.29, 1.82) is 0 Å². The van der Waals surface area contributed by atoms with Crippen LogP contribution in [0.3, 0.4) is 0 Å². The van der Waals surface area contributed by atoms with Crippen LogP contribution in [0.4, 0.5) is 10.5 Å². The van der Waals surface area contributed by atoms with Crippen molar-refractivity contribution < 1.29 is 19.1 Å². The molecule has 3 rings (SSSR count). The van der Waals surface area contributed by atoms with Gasteiger partial charge in [0.15, 0.2) is 0 Å². The molecule has 2 atom stereocenters. The molecule has 0 spiro atoms. The minimum Gasteiger partial charge on any atom is -0.489 e. The Labute approximate surface area is 183 Å². The first-order valence-electron chi connectivity index (χ1n) is 10.4. The maximum absolute atomic E-state index is 13.0. The molecule has 0 unspecified atom stereocenters. The minimum absolute atomic E-state index is 0.314. The second-order valence-corrected chi connectivity index (χ2v) is 9.10. The quantitative estimate of drug-likeness (QED) is 0.699. The van der Waals surface area contributed by atoms with Gasteiger partial charge in [-0.25, -0.2) is 4.79 Å². The molecule has 1 fully saturated rings. The smallest absolute Gasteiger partial charge is 0.411 e. The minimum atomic E-state index is -1.10. The number of rotatable bonds is 5. The summed E-state index contributed by atoms with van der Waals surface area (Å²) in [6.07, 6.45) is 0.535. The third kappa shape index (κ3) is 4.93. The Morgan fingerprint density at radius 2 is 1.77 bits per heavy atom. The van der Waals surface area contributed by atoms with Gasteiger partial charge in [0.05, 0.1) is 6.04 Å². The molecule has 2 amide bonds. The number of nitrogens with two attached hydrogens (primary N) is 2. The first-order chi connectivity index (χ1) is 14.5. The number of nitrogen functional groups attached to an aromatic ring is 1. The lowest BCUT2D eigenvalue weighted by Gasteiger charge is -2.37. The van der Waals surface area contributed by atoms with Gasteiger partial charge in [-0.1, -0.05) is 30.3 Å². The highest BCUT2D eigenvalue weighted by Crippen LogP contribution is 2.43. The van der Waals surface area contributed by atoms with E-state index in [2.05, 4.69) is 0 Å². The second kappa shape index (κ2) is 8.49. The van der Waals surface area contributed by atoms with Crippen LogP contribution in [0.1, 0.15) is 57.7 Å². The number of hydrogen-bond acceptors (Lipinski definition) is 5. The van der Waals surface area contributed by atoms with Crippen LogP contribution in [0.25, 0.3) is 0 Å². The Morgan fingerprint density at radius 3 is 2.35 bits per heavy atom. The number of para-hydroxylation sites is 1. The lowest BCUT2D eigenvalue weighted by molar-refractivity contribution is -0.128. The zero-order chi connectivity index (χ0) is 22.8. The fourth-order valence-corrected chi connectivity index (χ4v) is 3.82. The molecule has 7 heteroatoms. The molecule has 1 saturated heterocycles. The van der Waals surface area contributed by atoms with Crippen LogP contribution in [-0.2, 0) is 16.1 Å². The van der Waals surface area contributed by atoms with Crippen molar-refractivity contribution in [2.75, 3.05) is 5.73 Å². The zero-order valence-electron chi connectivity index (χ0n) is 18.6. The highest BCUT2D eigenvalue weighted by molar-refractivity contribution is 5.89. The number of anilines is 1. The van der Waals surface area contributed by atoms with E-state index in [0.717, 1.165) is 11.1 Å². The summed E-state index contributed by atoms with van der Waals surface area (Å²) >= 11 is 0. The average molecular weight is 426 g/mol. The number of benzene rings is 2. The van der Waals surface area contributed by atoms with Gasteiger partial charge in [0.25, 0.3) is 0 Å². The van der Waals surface area contributed by atoms with E-state index in [1.54, 1.807) is 27.7 Å². The molecule has 31 heavy (non-hydrogen) atoms. The lowest BCUT2D eigenvalue weighted by Crippen LogP contribution is -2.55. The molecule has 166 valence electrons. The summed E-state index contributed by atoms with van der Waals surface area (Å²) in [4.78, 5) is 26.7. The lowest BCUT2D eigenvalue weighted by atomic mass is 9.98. The first kappa shape index (κ1) is 22.5. The van der Waals surface area contributed by atoms with Crippen LogP contribution in [0.5, 0.6) is 5.75 Å². The topological polar surface area (TPSA) is 108 Å². The molecular formula is C24H31N3O4. The van der Waals surface area contributed by atoms with E-state index in [4.69, 9.17) is 20.9 Å². The third-order valence-corrected chi connectivity index (χ3v) is 5.58. The second-order valence-electron chi connectivity index (χ2n) is 9.10. The van der Waals surface area contributed by atoms with Crippen LogP contribution in [0.15, 0.2) is 48.5 Å². The monoisotopic (exact) mass is 425 g/mol. The Morgan fingerprint density at radius 1 is 1.13 bits per heavy atom. The van der Waals surface area contributed by atoms with Crippen molar-refractivity contribution >= 4 is 17.7 Å². The number of primary amides is 1. The number of carbonyl (C=O) groups excluding carboxylic acids is 2. The summed E-state index contributed by atoms with van der Waals surface area (Å²) in [6, 6.07) is 14.7. The number of likely N-dealkylation sites (tertiary alicyclic amines) is 1. The van der Waals surface area contributed by atoms with Gasteiger partial charge in [0.1, 0.15) is 23.5 Å². The van der Waals surface area contributed by atoms with Gasteiger partial charge in [-0.3, -0.25) is 9.69 Å². The Kier molecular flexibility index (Phi) is 6.15. The Bertz CT molecular complexity index is 952. The maximum atomic E-state index is 13.0. The highest BCUT2D eigenvalue weighted by Gasteiger charge is 2.51. The maximum Gasteiger partial charge on any atom is 0.411 e. The van der Waals surface area contributed by atoms with E-state index in [-0.39, 0.29) is 6.04 Å². The Hall–Kier alpha value is -3.22. The van der Waals surface area contributed by atoms with E-state index < -0.39 is 23.1 Å². The number of carbonyl (C=O) groups is 2. The largest absolute Gasteiger partial charge is 0.489 e. The summed E-state index contributed by atoms with van der Waals surface area (Å²) in [5, 5.41) is 0. The van der Waals surface area contributed by atoms with Crippen LogP contribution in [-0.4, -0.2) is 28.0 Å². The van der Waals surface area contributed by atoms with E-state index in [0.29, 0.717) is 30.9 Å². The number of ether oxygens (including phenoxy) is 2. The highest BCUT2D eigenvalue weighted by atomic mass is 16.6. The van der Waals surface area contributed by atoms with E-state index >= 15 is 0 Å². The van der Waals surface area contributed by atoms with Crippen LogP contribution >= 0.6 is 0 Å². The fourth-order valence-electron chi connectivity index (χ4n) is 3.82. The molecule has 2 aromatic carbocycles. The van der Waals surface area contributed by atoms with Crippen molar-refractivity contribution in [2.24, 2.45) is 5.73 Å². The van der Waals surface area contributed by atoms with Gasteiger partial charge in [0.2, 0.25) is 5.91 Å². The van der Waals surface area contributed by atoms with Crippen LogP contribution in [0, 0.1) is 0 Å². The van der Waals surface area contributed by atoms with Crippen molar-refractivity contribution in [2.45, 2.75) is 64.3 Å². The molecule has 0 aromatic heterocycles. The van der Waals surface area contributed by atoms with Gasteiger partial charge in [0, 0.05) is 11.3 Å². The van der Waals surface area contributed by atoms with Gasteiger partial charge in [-0.15, -0.1) is 0 Å². The normalized spacial score (nSPS) is 21.0. The van der Waals surface area contributed by atoms with Crippen molar-refractivity contribution in [3.63, 3.8) is 0 Å². The predicted molar refractivity (Wildman–Crippen MR) is 119 cm³/mol. The number of nitrogens with zero attached hydrogens (tertiary/aromatic N) is 1. The molecule has 7 nitrogen and oxygen atoms in total. The van der Waals surface area contributed by atoms with Gasteiger partial charge >= 0.3 is 6.09 Å². The standard InChI is InChI=1S/C24H31N3O4/c1-23(2,3)31-22(29)27-20(13-14-24(27,4)21(26)28)16-9-11-18(12-10-16)30-15-17-7-5-6-8-19(17)25/h5-12,20H,13-15,25H2,1-4H3,(H2,26,28)/t20-,24+/m1/s1. The summed E-state index contributed by atoms with van der Waals surface area (Å²) in [5.74, 6) is 0.146. The summed E-state index contributed by atoms with van der Waals surface area (Å²) in [5.41, 5.74) is 12.3. The molecule has 0 bridgehead atoms. The van der Waals surface area contributed by atoms with E-state index in [1.165, 1.54) is 4.90 Å². The summed E-state index contributed by atoms with van der Waals surface area (Å²) in [7, 11) is 0. The van der Waals surface area contributed by atoms with Crippen LogP contribution in [0.2, 0.25) is 0 Å². The molecule has 1 aliphatic rings. The van der Waals surface area contributed by atoms with Crippen molar-refractivity contribution in [3.05, 3.63) is 59.7 Å². The molecule has 0 aliphatic carbocycles. The SMILES string of the molecule is CC(C)(C)OC(=O)N1[C@@H](c2ccc(OCc3ccccc3N)cc2)CC[C@@]1(C)C(N)=O. The third-order valence-electron chi connectivity index (χ3n) is 5.58. The predicted octanol–water partition coefficient (Wildman–Crippen LogP) is 4.16. The van der Waals surface area contributed by atoms with E-state index in [9.17, 15) is 9.59 Å². The Balaban J connectivity index is 1.79. The van der Waals surface area contributed by atoms with Gasteiger partial charge < -0.3 is 20.9 Å². The molecule has 1 heterocycles. The molecule has 1 aliphatic heterocycles. The summed E-state index contributed by atoms with van der Waals surface area (Å²) < 4.78 is 11.4. The zero-order valence-corrected chi connectivity index (χ0v) is 18.6. The van der Waals surface area contributed by atoms with Crippen molar-refractivity contribution in [1.82, 2.24) is 4.90 Å². The first-order valence-corrected chi connectivity index (χ1v) is 10.4. The average Bonchev–Trinajstić information content (AvgIpc) is 3.05. The van der Waals surface area contributed by atoms with Gasteiger partial charge in [-0.2, -0.15) is 0 Å². The molecule has 4 N–H and O–H groups in total. The van der Waals surface area contributed by atoms with Crippen molar-refractivity contribution in [3.8, 4) is 5.75 Å². The van der Waals surface area contributed by atoms with E-state index in [1.807, 2.05) is 48.5 Å². The molecule has 0 radical (unpaired) electrons. The number of hydrogen-bond donors (Lipinski definition) is 2. The van der Waals surface area contributed by atoms with Crippen LogP contribution < -0.4 is 16.2 Å².